The second-order valence-corrected chi connectivity index (χ2v) is 20.4. The van der Waals surface area contributed by atoms with Crippen molar-refractivity contribution in [3.05, 3.63) is 41.2 Å². The van der Waals surface area contributed by atoms with Crippen molar-refractivity contribution in [1.82, 2.24) is 15.3 Å². The van der Waals surface area contributed by atoms with Gasteiger partial charge in [0.2, 0.25) is 0 Å². The van der Waals surface area contributed by atoms with E-state index in [9.17, 15) is 24.6 Å². The number of hydrogen-bond acceptors (Lipinski definition) is 7. The number of hydrogen-bond donors (Lipinski definition) is 4. The number of ketones is 1. The molecule has 1 aromatic carbocycles. The van der Waals surface area contributed by atoms with Crippen LogP contribution in [-0.2, 0) is 25.7 Å². The number of esters is 1. The molecule has 5 aliphatic rings. The number of nitrogens with one attached hydrogen (secondary N) is 2. The molecule has 0 radical (unpaired) electrons. The third-order valence-corrected chi connectivity index (χ3v) is 16.6. The van der Waals surface area contributed by atoms with Crippen molar-refractivity contribution in [3.8, 4) is 0 Å². The number of carbonyl (C=O) groups is 3. The van der Waals surface area contributed by atoms with E-state index in [-0.39, 0.29) is 51.8 Å². The van der Waals surface area contributed by atoms with E-state index >= 15 is 0 Å². The molecule has 0 amide bonds. The van der Waals surface area contributed by atoms with Gasteiger partial charge in [-0.1, -0.05) is 66.2 Å². The number of Topliss-reactive ketones (excluding diaryl/α,β-unsaturated/α-hetero) is 1. The van der Waals surface area contributed by atoms with Crippen LogP contribution in [-0.4, -0.2) is 56.7 Å². The average molecular weight is 744 g/mol. The smallest absolute Gasteiger partial charge is 0.309 e. The molecule has 0 bridgehead atoms. The lowest BCUT2D eigenvalue weighted by molar-refractivity contribution is -0.235. The second-order valence-electron chi connectivity index (χ2n) is 20.4. The molecule has 7 rings (SSSR count). The number of ether oxygens (including phenoxy) is 1. The molecule has 54 heavy (non-hydrogen) atoms. The fraction of sp³-hybridized carbons (Fsp3) is 0.733. The molecule has 9 atom stereocenters. The lowest BCUT2D eigenvalue weighted by atomic mass is 9.33. The molecule has 2 unspecified atom stereocenters. The molecule has 2 aromatic rings. The summed E-state index contributed by atoms with van der Waals surface area (Å²) in [5, 5.41) is 25.3. The van der Waals surface area contributed by atoms with E-state index in [1.54, 1.807) is 13.8 Å². The lowest BCUT2D eigenvalue weighted by Crippen LogP contribution is -2.66. The molecule has 1 aromatic heterocycles. The number of aromatic nitrogens is 2. The number of H-pyrrole nitrogens is 1. The highest BCUT2D eigenvalue weighted by atomic mass is 16.5. The predicted octanol–water partition coefficient (Wildman–Crippen LogP) is 8.41. The number of fused-ring (bicyclic) bond motifs is 8. The summed E-state index contributed by atoms with van der Waals surface area (Å²) in [5.74, 6) is 0.842. The highest BCUT2D eigenvalue weighted by Crippen LogP contribution is 2.77. The number of para-hydroxylation sites is 2. The van der Waals surface area contributed by atoms with Gasteiger partial charge in [-0.3, -0.25) is 14.4 Å². The van der Waals surface area contributed by atoms with Gasteiger partial charge in [-0.2, -0.15) is 0 Å². The van der Waals surface area contributed by atoms with Crippen molar-refractivity contribution in [2.45, 2.75) is 145 Å². The SMILES string of the molecule is CC(C)C1=C2[C@H]3CC[C@@H]4[C@@]5(C)CC[C@H](OC(=O)CC(C)(C)C(=O)O)C(C)(C)[C@@H]5CC[C@@]4(C)[C@]3(C)CCC2(C(O)CNCc2nc3ccccc3[nH]2)CC1=O. The molecule has 4 N–H and O–H groups in total. The number of benzene rings is 1. The van der Waals surface area contributed by atoms with Crippen LogP contribution < -0.4 is 5.32 Å². The first-order valence-electron chi connectivity index (χ1n) is 20.7. The van der Waals surface area contributed by atoms with Crippen molar-refractivity contribution in [1.29, 1.82) is 0 Å². The standard InChI is InChI=1S/C45H65N3O6/c1-26(2)37-30(49)22-45(33(50)24-46-25-35-47-28-12-10-11-13-29(28)48-35)21-20-43(8)27(38(37)45)14-15-32-42(7)18-17-34(54-36(51)23-40(3,4)39(52)53)41(5,6)31(42)16-19-44(32,43)9/h10-13,26-27,31-34,46,50H,14-25H2,1-9H3,(H,47,48)(H,52,53)/t27-,31+,32-,33?,34+,42+,43-,44-,45?/m1/s1. The Balaban J connectivity index is 1.13. The van der Waals surface area contributed by atoms with Gasteiger partial charge >= 0.3 is 11.9 Å². The molecule has 0 aliphatic heterocycles. The summed E-state index contributed by atoms with van der Waals surface area (Å²) in [6.07, 6.45) is 7.09. The van der Waals surface area contributed by atoms with Gasteiger partial charge in [-0.05, 0) is 123 Å². The molecule has 0 saturated heterocycles. The Morgan fingerprint density at radius 3 is 2.39 bits per heavy atom. The van der Waals surface area contributed by atoms with Gasteiger partial charge in [0.15, 0.2) is 5.78 Å². The maximum Gasteiger partial charge on any atom is 0.309 e. The Labute approximate surface area is 321 Å². The normalized spacial score (nSPS) is 36.7. The van der Waals surface area contributed by atoms with Crippen LogP contribution in [0.3, 0.4) is 0 Å². The van der Waals surface area contributed by atoms with Crippen LogP contribution >= 0.6 is 0 Å². The number of carboxylic acid groups (broad SMARTS) is 1. The minimum absolute atomic E-state index is 0.0230. The van der Waals surface area contributed by atoms with E-state index in [4.69, 9.17) is 9.72 Å². The van der Waals surface area contributed by atoms with Gasteiger partial charge in [-0.25, -0.2) is 4.98 Å². The van der Waals surface area contributed by atoms with E-state index in [1.165, 1.54) is 5.57 Å². The maximum atomic E-state index is 14.1. The summed E-state index contributed by atoms with van der Waals surface area (Å²) in [6.45, 7) is 20.5. The summed E-state index contributed by atoms with van der Waals surface area (Å²) in [5.41, 5.74) is 2.30. The van der Waals surface area contributed by atoms with Crippen LogP contribution in [0.5, 0.6) is 0 Å². The molecule has 4 saturated carbocycles. The van der Waals surface area contributed by atoms with E-state index in [0.29, 0.717) is 31.3 Å². The number of aromatic amines is 1. The number of rotatable bonds is 10. The van der Waals surface area contributed by atoms with Crippen molar-refractivity contribution >= 4 is 28.8 Å². The fourth-order valence-electron chi connectivity index (χ4n) is 13.5. The minimum atomic E-state index is -1.17. The van der Waals surface area contributed by atoms with Gasteiger partial charge < -0.3 is 25.3 Å². The molecule has 1 heterocycles. The molecule has 4 fully saturated rings. The van der Waals surface area contributed by atoms with Gasteiger partial charge in [-0.15, -0.1) is 0 Å². The Hall–Kier alpha value is -3.04. The van der Waals surface area contributed by atoms with Gasteiger partial charge in [0.05, 0.1) is 35.5 Å². The van der Waals surface area contributed by atoms with Crippen LogP contribution in [0.2, 0.25) is 0 Å². The van der Waals surface area contributed by atoms with Crippen molar-refractivity contribution in [2.75, 3.05) is 6.54 Å². The topological polar surface area (TPSA) is 142 Å². The van der Waals surface area contributed by atoms with Crippen LogP contribution in [0.25, 0.3) is 11.0 Å². The summed E-state index contributed by atoms with van der Waals surface area (Å²) in [7, 11) is 0. The van der Waals surface area contributed by atoms with Crippen LogP contribution in [0, 0.1) is 56.2 Å². The first-order chi connectivity index (χ1) is 25.2. The molecule has 296 valence electrons. The first-order valence-corrected chi connectivity index (χ1v) is 20.7. The van der Waals surface area contributed by atoms with Crippen molar-refractivity contribution < 1.29 is 29.3 Å². The van der Waals surface area contributed by atoms with E-state index in [0.717, 1.165) is 73.8 Å². The average Bonchev–Trinajstić information content (AvgIpc) is 3.64. The Morgan fingerprint density at radius 2 is 1.70 bits per heavy atom. The van der Waals surface area contributed by atoms with Crippen LogP contribution in [0.15, 0.2) is 35.4 Å². The monoisotopic (exact) mass is 743 g/mol. The molecule has 0 spiro atoms. The van der Waals surface area contributed by atoms with Crippen molar-refractivity contribution in [3.63, 3.8) is 0 Å². The number of carbonyl (C=O) groups excluding carboxylic acids is 2. The molecular weight excluding hydrogens is 679 g/mol. The Kier molecular flexibility index (Phi) is 9.64. The summed E-state index contributed by atoms with van der Waals surface area (Å²) in [4.78, 5) is 47.1. The summed E-state index contributed by atoms with van der Waals surface area (Å²) in [6, 6.07) is 7.99. The number of allylic oxidation sites excluding steroid dienone is 1. The maximum absolute atomic E-state index is 14.1. The molecule has 9 nitrogen and oxygen atoms in total. The first kappa shape index (κ1) is 39.2. The van der Waals surface area contributed by atoms with Crippen LogP contribution in [0.1, 0.15) is 132 Å². The van der Waals surface area contributed by atoms with Crippen LogP contribution in [0.4, 0.5) is 0 Å². The quantitative estimate of drug-likeness (QED) is 0.178. The number of aliphatic carboxylic acids is 1. The zero-order valence-electron chi connectivity index (χ0n) is 34.2. The van der Waals surface area contributed by atoms with Gasteiger partial charge in [0, 0.05) is 23.8 Å². The second kappa shape index (κ2) is 13.3. The third kappa shape index (κ3) is 5.83. The molecular formula is C45H65N3O6. The predicted molar refractivity (Wildman–Crippen MR) is 209 cm³/mol. The lowest BCUT2D eigenvalue weighted by Gasteiger charge is -2.72. The Morgan fingerprint density at radius 1 is 0.981 bits per heavy atom. The zero-order chi connectivity index (χ0) is 39.2. The molecule has 9 heteroatoms. The number of imidazole rings is 1. The number of aliphatic hydroxyl groups is 1. The number of nitrogens with zero attached hydrogens (tertiary/aromatic N) is 1. The summed E-state index contributed by atoms with van der Waals surface area (Å²) < 4.78 is 6.17. The van der Waals surface area contributed by atoms with E-state index < -0.39 is 28.9 Å². The highest BCUT2D eigenvalue weighted by molar-refractivity contribution is 6.00. The zero-order valence-corrected chi connectivity index (χ0v) is 34.2. The van der Waals surface area contributed by atoms with E-state index in [1.807, 2.05) is 24.3 Å². The van der Waals surface area contributed by atoms with Gasteiger partial charge in [0.1, 0.15) is 11.9 Å². The van der Waals surface area contributed by atoms with Gasteiger partial charge in [0.25, 0.3) is 0 Å². The third-order valence-electron chi connectivity index (χ3n) is 16.6. The Bertz CT molecular complexity index is 1830. The number of carboxylic acids is 1. The minimum Gasteiger partial charge on any atom is -0.481 e. The largest absolute Gasteiger partial charge is 0.481 e. The highest BCUT2D eigenvalue weighted by Gasteiger charge is 2.70. The summed E-state index contributed by atoms with van der Waals surface area (Å²) >= 11 is 0. The van der Waals surface area contributed by atoms with Crippen molar-refractivity contribution in [2.24, 2.45) is 56.2 Å². The fourth-order valence-corrected chi connectivity index (χ4v) is 13.5. The molecule has 5 aliphatic carbocycles. The van der Waals surface area contributed by atoms with E-state index in [2.05, 4.69) is 58.8 Å². The number of aliphatic hydroxyl groups excluding tert-OH is 1.